The third-order valence-corrected chi connectivity index (χ3v) is 3.38. The molecule has 0 fully saturated rings. The van der Waals surface area contributed by atoms with E-state index in [1.807, 2.05) is 36.7 Å². The van der Waals surface area contributed by atoms with E-state index in [4.69, 9.17) is 4.74 Å². The number of nitrogens with zero attached hydrogens (tertiary/aromatic N) is 3. The second-order valence-electron chi connectivity index (χ2n) is 3.55. The molecule has 0 aliphatic heterocycles. The molecule has 5 heteroatoms. The number of rotatable bonds is 5. The molecule has 0 saturated carbocycles. The van der Waals surface area contributed by atoms with Crippen LogP contribution in [0.15, 0.2) is 35.7 Å². The van der Waals surface area contributed by atoms with Crippen molar-refractivity contribution in [3.05, 3.63) is 36.2 Å². The van der Waals surface area contributed by atoms with Gasteiger partial charge in [0.25, 0.3) is 0 Å². The topological polar surface area (TPSA) is 39.9 Å². The number of aryl methyl sites for hydroxylation is 1. The van der Waals surface area contributed by atoms with Crippen LogP contribution in [0.5, 0.6) is 5.75 Å². The largest absolute Gasteiger partial charge is 0.494 e. The summed E-state index contributed by atoms with van der Waals surface area (Å²) < 4.78 is 7.49. The molecular formula is C12H15N3OS. The number of para-hydroxylation sites is 1. The summed E-state index contributed by atoms with van der Waals surface area (Å²) in [6, 6.07) is 8.08. The molecule has 17 heavy (non-hydrogen) atoms. The molecule has 0 atom stereocenters. The van der Waals surface area contributed by atoms with Crippen LogP contribution >= 0.6 is 11.8 Å². The molecule has 2 aromatic rings. The molecule has 0 amide bonds. The number of thioether (sulfide) groups is 1. The smallest absolute Gasteiger partial charge is 0.191 e. The molecule has 90 valence electrons. The summed E-state index contributed by atoms with van der Waals surface area (Å²) in [5.74, 6) is 1.78. The Morgan fingerprint density at radius 3 is 2.88 bits per heavy atom. The highest BCUT2D eigenvalue weighted by atomic mass is 32.2. The molecule has 0 spiro atoms. The molecule has 0 unspecified atom stereocenters. The molecule has 4 nitrogen and oxygen atoms in total. The van der Waals surface area contributed by atoms with Crippen molar-refractivity contribution in [1.82, 2.24) is 14.8 Å². The van der Waals surface area contributed by atoms with Crippen LogP contribution in [0.25, 0.3) is 0 Å². The first-order valence-electron chi connectivity index (χ1n) is 5.48. The second-order valence-corrected chi connectivity index (χ2v) is 4.50. The zero-order valence-corrected chi connectivity index (χ0v) is 10.8. The van der Waals surface area contributed by atoms with Gasteiger partial charge in [-0.1, -0.05) is 30.0 Å². The summed E-state index contributed by atoms with van der Waals surface area (Å²) >= 11 is 1.66. The van der Waals surface area contributed by atoms with E-state index in [0.717, 1.165) is 16.7 Å². The van der Waals surface area contributed by atoms with Gasteiger partial charge in [-0.2, -0.15) is 0 Å². The Bertz CT molecular complexity index is 484. The van der Waals surface area contributed by atoms with E-state index in [-0.39, 0.29) is 0 Å². The lowest BCUT2D eigenvalue weighted by atomic mass is 10.2. The van der Waals surface area contributed by atoms with Crippen LogP contribution in [-0.4, -0.2) is 21.4 Å². The van der Waals surface area contributed by atoms with E-state index in [1.54, 1.807) is 18.1 Å². The average Bonchev–Trinajstić information content (AvgIpc) is 2.74. The van der Waals surface area contributed by atoms with Gasteiger partial charge in [-0.3, -0.25) is 0 Å². The van der Waals surface area contributed by atoms with Gasteiger partial charge >= 0.3 is 0 Å². The zero-order valence-electron chi connectivity index (χ0n) is 9.96. The minimum Gasteiger partial charge on any atom is -0.494 e. The zero-order chi connectivity index (χ0) is 12.1. The first kappa shape index (κ1) is 12.0. The lowest BCUT2D eigenvalue weighted by Crippen LogP contribution is -1.96. The minimum absolute atomic E-state index is 0.686. The van der Waals surface area contributed by atoms with Crippen LogP contribution in [0.3, 0.4) is 0 Å². The Balaban J connectivity index is 2.06. The van der Waals surface area contributed by atoms with Crippen LogP contribution < -0.4 is 4.74 Å². The lowest BCUT2D eigenvalue weighted by Gasteiger charge is -2.09. The van der Waals surface area contributed by atoms with Crippen molar-refractivity contribution in [3.8, 4) is 5.75 Å². The maximum atomic E-state index is 5.58. The molecule has 1 aromatic carbocycles. The fourth-order valence-electron chi connectivity index (χ4n) is 1.46. The van der Waals surface area contributed by atoms with Crippen LogP contribution in [0.4, 0.5) is 0 Å². The molecule has 1 aromatic heterocycles. The normalized spacial score (nSPS) is 10.5. The van der Waals surface area contributed by atoms with Crippen molar-refractivity contribution in [1.29, 1.82) is 0 Å². The van der Waals surface area contributed by atoms with E-state index in [9.17, 15) is 0 Å². The molecule has 0 aliphatic carbocycles. The number of hydrogen-bond acceptors (Lipinski definition) is 4. The Morgan fingerprint density at radius 1 is 1.35 bits per heavy atom. The summed E-state index contributed by atoms with van der Waals surface area (Å²) in [5.41, 5.74) is 1.18. The first-order valence-corrected chi connectivity index (χ1v) is 6.47. The predicted molar refractivity (Wildman–Crippen MR) is 68.2 cm³/mol. The molecule has 0 saturated heterocycles. The third kappa shape index (κ3) is 3.00. The van der Waals surface area contributed by atoms with Crippen molar-refractivity contribution < 1.29 is 4.74 Å². The molecule has 0 radical (unpaired) electrons. The summed E-state index contributed by atoms with van der Waals surface area (Å²) in [6.45, 7) is 2.68. The number of ether oxygens (including phenoxy) is 1. The van der Waals surface area contributed by atoms with Gasteiger partial charge in [0.1, 0.15) is 12.1 Å². The van der Waals surface area contributed by atoms with Crippen molar-refractivity contribution in [2.45, 2.75) is 17.8 Å². The predicted octanol–water partition coefficient (Wildman–Crippen LogP) is 2.51. The van der Waals surface area contributed by atoms with Crippen molar-refractivity contribution in [3.63, 3.8) is 0 Å². The van der Waals surface area contributed by atoms with E-state index < -0.39 is 0 Å². The molecule has 0 bridgehead atoms. The van der Waals surface area contributed by atoms with Gasteiger partial charge in [0.15, 0.2) is 5.16 Å². The van der Waals surface area contributed by atoms with Crippen LogP contribution in [0, 0.1) is 0 Å². The summed E-state index contributed by atoms with van der Waals surface area (Å²) in [7, 11) is 1.94. The van der Waals surface area contributed by atoms with Crippen molar-refractivity contribution >= 4 is 11.8 Å². The number of aromatic nitrogens is 3. The Kier molecular flexibility index (Phi) is 4.03. The average molecular weight is 249 g/mol. The minimum atomic E-state index is 0.686. The summed E-state index contributed by atoms with van der Waals surface area (Å²) in [6.07, 6.45) is 1.71. The highest BCUT2D eigenvalue weighted by Gasteiger charge is 2.06. The van der Waals surface area contributed by atoms with Gasteiger partial charge in [0.05, 0.1) is 6.61 Å². The van der Waals surface area contributed by atoms with Crippen molar-refractivity contribution in [2.24, 2.45) is 7.05 Å². The maximum absolute atomic E-state index is 5.58. The molecule has 1 heterocycles. The molecule has 0 aliphatic rings. The second kappa shape index (κ2) is 5.72. The third-order valence-electron chi connectivity index (χ3n) is 2.30. The maximum Gasteiger partial charge on any atom is 0.191 e. The van der Waals surface area contributed by atoms with E-state index in [2.05, 4.69) is 16.3 Å². The van der Waals surface area contributed by atoms with Crippen LogP contribution in [0.2, 0.25) is 0 Å². The number of hydrogen-bond donors (Lipinski definition) is 0. The van der Waals surface area contributed by atoms with Crippen LogP contribution in [0.1, 0.15) is 12.5 Å². The molecular weight excluding hydrogens is 234 g/mol. The summed E-state index contributed by atoms with van der Waals surface area (Å²) in [5, 5.41) is 8.81. The van der Waals surface area contributed by atoms with Gasteiger partial charge in [-0.05, 0) is 13.0 Å². The fraction of sp³-hybridized carbons (Fsp3) is 0.333. The molecule has 2 rings (SSSR count). The Morgan fingerprint density at radius 2 is 2.18 bits per heavy atom. The SMILES string of the molecule is CCOc1ccccc1CSc1nncn1C. The quantitative estimate of drug-likeness (QED) is 0.763. The van der Waals surface area contributed by atoms with Gasteiger partial charge in [0, 0.05) is 18.4 Å². The van der Waals surface area contributed by atoms with E-state index in [0.29, 0.717) is 6.61 Å². The number of benzene rings is 1. The monoisotopic (exact) mass is 249 g/mol. The van der Waals surface area contributed by atoms with E-state index in [1.165, 1.54) is 5.56 Å². The van der Waals surface area contributed by atoms with Gasteiger partial charge in [-0.25, -0.2) is 0 Å². The van der Waals surface area contributed by atoms with Crippen LogP contribution in [-0.2, 0) is 12.8 Å². The highest BCUT2D eigenvalue weighted by molar-refractivity contribution is 7.98. The standard InChI is InChI=1S/C12H15N3OS/c1-3-16-11-7-5-4-6-10(11)8-17-12-14-13-9-15(12)2/h4-7,9H,3,8H2,1-2H3. The lowest BCUT2D eigenvalue weighted by molar-refractivity contribution is 0.337. The first-order chi connectivity index (χ1) is 8.31. The van der Waals surface area contributed by atoms with Gasteiger partial charge in [-0.15, -0.1) is 10.2 Å². The van der Waals surface area contributed by atoms with Gasteiger partial charge in [0.2, 0.25) is 0 Å². The summed E-state index contributed by atoms with van der Waals surface area (Å²) in [4.78, 5) is 0. The highest BCUT2D eigenvalue weighted by Crippen LogP contribution is 2.26. The van der Waals surface area contributed by atoms with Gasteiger partial charge < -0.3 is 9.30 Å². The van der Waals surface area contributed by atoms with Crippen molar-refractivity contribution in [2.75, 3.05) is 6.61 Å². The Hall–Kier alpha value is -1.49. The Labute approximate surface area is 105 Å². The fourth-order valence-corrected chi connectivity index (χ4v) is 2.34. The van der Waals surface area contributed by atoms with E-state index >= 15 is 0 Å². The molecule has 0 N–H and O–H groups in total.